The maximum atomic E-state index is 11.8. The number of amides is 1. The Labute approximate surface area is 105 Å². The molecule has 0 spiro atoms. The molecule has 1 amide bonds. The highest BCUT2D eigenvalue weighted by atomic mass is 35.5. The Kier molecular flexibility index (Phi) is 3.38. The fourth-order valence-corrected chi connectivity index (χ4v) is 1.79. The first-order valence-electron chi connectivity index (χ1n) is 5.62. The summed E-state index contributed by atoms with van der Waals surface area (Å²) in [5.41, 5.74) is 1.45. The normalized spacial score (nSPS) is 11.1. The van der Waals surface area contributed by atoms with Gasteiger partial charge in [0.25, 0.3) is 5.91 Å². The van der Waals surface area contributed by atoms with Gasteiger partial charge in [-0.25, -0.2) is 0 Å². The highest BCUT2D eigenvalue weighted by molar-refractivity contribution is 6.31. The van der Waals surface area contributed by atoms with Crippen molar-refractivity contribution in [3.05, 3.63) is 35.0 Å². The summed E-state index contributed by atoms with van der Waals surface area (Å²) in [6.45, 7) is 4.80. The SMILES string of the molecule is CC(C)CNC(=O)c1cc2ccc(Cl)cc2[nH]1. The lowest BCUT2D eigenvalue weighted by Crippen LogP contribution is -2.27. The Morgan fingerprint density at radius 2 is 2.18 bits per heavy atom. The highest BCUT2D eigenvalue weighted by Gasteiger charge is 2.09. The van der Waals surface area contributed by atoms with Crippen LogP contribution in [0.2, 0.25) is 5.02 Å². The smallest absolute Gasteiger partial charge is 0.267 e. The standard InChI is InChI=1S/C13H15ClN2O/c1-8(2)7-15-13(17)12-5-9-3-4-10(14)6-11(9)16-12/h3-6,8,16H,7H2,1-2H3,(H,15,17). The Morgan fingerprint density at radius 1 is 1.41 bits per heavy atom. The predicted octanol–water partition coefficient (Wildman–Crippen LogP) is 3.21. The molecule has 0 bridgehead atoms. The highest BCUT2D eigenvalue weighted by Crippen LogP contribution is 2.19. The van der Waals surface area contributed by atoms with Crippen molar-refractivity contribution in [1.29, 1.82) is 0 Å². The minimum absolute atomic E-state index is 0.0778. The van der Waals surface area contributed by atoms with E-state index in [0.29, 0.717) is 23.2 Å². The minimum atomic E-state index is -0.0778. The summed E-state index contributed by atoms with van der Waals surface area (Å²) in [6, 6.07) is 7.36. The lowest BCUT2D eigenvalue weighted by Gasteiger charge is -2.05. The molecule has 0 aliphatic rings. The van der Waals surface area contributed by atoms with E-state index in [1.807, 2.05) is 24.3 Å². The van der Waals surface area contributed by atoms with Crippen LogP contribution in [-0.4, -0.2) is 17.4 Å². The number of fused-ring (bicyclic) bond motifs is 1. The molecular weight excluding hydrogens is 236 g/mol. The summed E-state index contributed by atoms with van der Waals surface area (Å²) >= 11 is 5.89. The number of aromatic nitrogens is 1. The molecule has 2 N–H and O–H groups in total. The number of H-pyrrole nitrogens is 1. The zero-order valence-corrected chi connectivity index (χ0v) is 10.6. The van der Waals surface area contributed by atoms with Crippen LogP contribution in [0.5, 0.6) is 0 Å². The van der Waals surface area contributed by atoms with Crippen LogP contribution < -0.4 is 5.32 Å². The van der Waals surface area contributed by atoms with Gasteiger partial charge in [-0.3, -0.25) is 4.79 Å². The summed E-state index contributed by atoms with van der Waals surface area (Å²) < 4.78 is 0. The van der Waals surface area contributed by atoms with Gasteiger partial charge in [-0.1, -0.05) is 31.5 Å². The molecule has 1 heterocycles. The first kappa shape index (κ1) is 12.0. The van der Waals surface area contributed by atoms with Crippen molar-refractivity contribution < 1.29 is 4.79 Å². The molecule has 17 heavy (non-hydrogen) atoms. The molecule has 0 aliphatic carbocycles. The van der Waals surface area contributed by atoms with E-state index in [0.717, 1.165) is 10.9 Å². The lowest BCUT2D eigenvalue weighted by atomic mass is 10.2. The zero-order chi connectivity index (χ0) is 12.4. The molecular formula is C13H15ClN2O. The Bertz CT molecular complexity index is 545. The summed E-state index contributed by atoms with van der Waals surface area (Å²) in [7, 11) is 0. The summed E-state index contributed by atoms with van der Waals surface area (Å²) in [4.78, 5) is 14.9. The van der Waals surface area contributed by atoms with Crippen molar-refractivity contribution in [1.82, 2.24) is 10.3 Å². The van der Waals surface area contributed by atoms with E-state index in [4.69, 9.17) is 11.6 Å². The van der Waals surface area contributed by atoms with Crippen LogP contribution in [0, 0.1) is 5.92 Å². The van der Waals surface area contributed by atoms with E-state index in [1.54, 1.807) is 0 Å². The van der Waals surface area contributed by atoms with Crippen LogP contribution in [0.25, 0.3) is 10.9 Å². The second kappa shape index (κ2) is 4.80. The van der Waals surface area contributed by atoms with Gasteiger partial charge in [0.2, 0.25) is 0 Å². The Balaban J connectivity index is 2.21. The van der Waals surface area contributed by atoms with E-state index in [-0.39, 0.29) is 5.91 Å². The molecule has 0 unspecified atom stereocenters. The van der Waals surface area contributed by atoms with Crippen LogP contribution in [0.15, 0.2) is 24.3 Å². The van der Waals surface area contributed by atoms with Gasteiger partial charge in [-0.15, -0.1) is 0 Å². The number of hydrogen-bond donors (Lipinski definition) is 2. The molecule has 0 radical (unpaired) electrons. The van der Waals surface area contributed by atoms with E-state index < -0.39 is 0 Å². The maximum absolute atomic E-state index is 11.8. The fourth-order valence-electron chi connectivity index (χ4n) is 1.61. The largest absolute Gasteiger partial charge is 0.351 e. The van der Waals surface area contributed by atoms with Gasteiger partial charge in [0, 0.05) is 22.5 Å². The van der Waals surface area contributed by atoms with Crippen LogP contribution >= 0.6 is 11.6 Å². The first-order chi connectivity index (χ1) is 8.06. The predicted molar refractivity (Wildman–Crippen MR) is 70.5 cm³/mol. The number of carbonyl (C=O) groups excluding carboxylic acids is 1. The molecule has 3 nitrogen and oxygen atoms in total. The second-order valence-corrected chi connectivity index (χ2v) is 4.95. The average Bonchev–Trinajstić information content (AvgIpc) is 2.68. The topological polar surface area (TPSA) is 44.9 Å². The molecule has 1 aromatic heterocycles. The molecule has 0 aliphatic heterocycles. The third kappa shape index (κ3) is 2.80. The molecule has 1 aromatic carbocycles. The van der Waals surface area contributed by atoms with Crippen molar-refractivity contribution in [3.63, 3.8) is 0 Å². The molecule has 0 saturated heterocycles. The van der Waals surface area contributed by atoms with Gasteiger partial charge in [0.15, 0.2) is 0 Å². The summed E-state index contributed by atoms with van der Waals surface area (Å²) in [5, 5.41) is 4.52. The van der Waals surface area contributed by atoms with Gasteiger partial charge >= 0.3 is 0 Å². The van der Waals surface area contributed by atoms with Gasteiger partial charge in [-0.05, 0) is 24.1 Å². The molecule has 0 fully saturated rings. The minimum Gasteiger partial charge on any atom is -0.351 e. The number of carbonyl (C=O) groups is 1. The van der Waals surface area contributed by atoms with E-state index in [1.165, 1.54) is 0 Å². The van der Waals surface area contributed by atoms with E-state index in [2.05, 4.69) is 24.1 Å². The summed E-state index contributed by atoms with van der Waals surface area (Å²) in [6.07, 6.45) is 0. The van der Waals surface area contributed by atoms with Gasteiger partial charge in [0.05, 0.1) is 0 Å². The molecule has 2 rings (SSSR count). The number of hydrogen-bond acceptors (Lipinski definition) is 1. The number of benzene rings is 1. The maximum Gasteiger partial charge on any atom is 0.267 e. The molecule has 2 aromatic rings. The van der Waals surface area contributed by atoms with Gasteiger partial charge in [-0.2, -0.15) is 0 Å². The van der Waals surface area contributed by atoms with Crippen molar-refractivity contribution in [2.45, 2.75) is 13.8 Å². The van der Waals surface area contributed by atoms with Gasteiger partial charge in [0.1, 0.15) is 5.69 Å². The number of halogens is 1. The first-order valence-corrected chi connectivity index (χ1v) is 6.00. The monoisotopic (exact) mass is 250 g/mol. The van der Waals surface area contributed by atoms with E-state index >= 15 is 0 Å². The fraction of sp³-hybridized carbons (Fsp3) is 0.308. The molecule has 0 saturated carbocycles. The van der Waals surface area contributed by atoms with E-state index in [9.17, 15) is 4.79 Å². The Morgan fingerprint density at radius 3 is 2.88 bits per heavy atom. The van der Waals surface area contributed by atoms with Crippen LogP contribution in [0.4, 0.5) is 0 Å². The lowest BCUT2D eigenvalue weighted by molar-refractivity contribution is 0.0945. The molecule has 4 heteroatoms. The number of aromatic amines is 1. The quantitative estimate of drug-likeness (QED) is 0.863. The van der Waals surface area contributed by atoms with Crippen molar-refractivity contribution in [2.24, 2.45) is 5.92 Å². The number of nitrogens with one attached hydrogen (secondary N) is 2. The second-order valence-electron chi connectivity index (χ2n) is 4.52. The number of rotatable bonds is 3. The van der Waals surface area contributed by atoms with Crippen LogP contribution in [0.1, 0.15) is 24.3 Å². The van der Waals surface area contributed by atoms with Crippen molar-refractivity contribution in [3.8, 4) is 0 Å². The zero-order valence-electron chi connectivity index (χ0n) is 9.88. The third-order valence-corrected chi connectivity index (χ3v) is 2.74. The van der Waals surface area contributed by atoms with Crippen LogP contribution in [0.3, 0.4) is 0 Å². The molecule has 90 valence electrons. The average molecular weight is 251 g/mol. The van der Waals surface area contributed by atoms with Crippen molar-refractivity contribution >= 4 is 28.4 Å². The van der Waals surface area contributed by atoms with Gasteiger partial charge < -0.3 is 10.3 Å². The molecule has 0 atom stereocenters. The summed E-state index contributed by atoms with van der Waals surface area (Å²) in [5.74, 6) is 0.365. The van der Waals surface area contributed by atoms with Crippen LogP contribution in [-0.2, 0) is 0 Å². The van der Waals surface area contributed by atoms with Crippen molar-refractivity contribution in [2.75, 3.05) is 6.54 Å². The third-order valence-electron chi connectivity index (χ3n) is 2.50. The Hall–Kier alpha value is -1.48.